The van der Waals surface area contributed by atoms with Gasteiger partial charge in [-0.1, -0.05) is 30.3 Å². The second-order valence-corrected chi connectivity index (χ2v) is 5.50. The minimum Gasteiger partial charge on any atom is -0.459 e. The molecule has 19 heavy (non-hydrogen) atoms. The molecule has 3 aliphatic rings. The Labute approximate surface area is 113 Å². The van der Waals surface area contributed by atoms with E-state index in [0.717, 1.165) is 38.0 Å². The van der Waals surface area contributed by atoms with Gasteiger partial charge in [-0.25, -0.2) is 4.79 Å². The topological polar surface area (TPSA) is 55.6 Å². The van der Waals surface area contributed by atoms with E-state index >= 15 is 0 Å². The first-order valence-electron chi connectivity index (χ1n) is 6.97. The van der Waals surface area contributed by atoms with E-state index in [1.807, 2.05) is 30.3 Å². The lowest BCUT2D eigenvalue weighted by Crippen LogP contribution is -2.52. The van der Waals surface area contributed by atoms with Crippen LogP contribution in [0.3, 0.4) is 0 Å². The Bertz CT molecular complexity index is 441. The number of fused-ring (bicyclic) bond motifs is 3. The largest absolute Gasteiger partial charge is 0.459 e. The van der Waals surface area contributed by atoms with E-state index < -0.39 is 6.04 Å². The van der Waals surface area contributed by atoms with Gasteiger partial charge in [-0.3, -0.25) is 4.90 Å². The van der Waals surface area contributed by atoms with Crippen molar-refractivity contribution in [3.63, 3.8) is 0 Å². The molecule has 2 atom stereocenters. The van der Waals surface area contributed by atoms with Gasteiger partial charge in [0.1, 0.15) is 12.1 Å². The van der Waals surface area contributed by atoms with Crippen LogP contribution in [0, 0.1) is 5.92 Å². The third-order valence-corrected chi connectivity index (χ3v) is 4.28. The normalized spacial score (nSPS) is 30.9. The van der Waals surface area contributed by atoms with E-state index in [0.29, 0.717) is 5.92 Å². The fourth-order valence-electron chi connectivity index (χ4n) is 3.06. The second kappa shape index (κ2) is 5.31. The minimum atomic E-state index is -0.670. The summed E-state index contributed by atoms with van der Waals surface area (Å²) in [7, 11) is 0. The standard InChI is InChI=1S/C15H20N2O2/c16-14(12-4-2-1-3-5-12)15(18)19-13-10-17-8-6-11(13)7-9-17/h1-5,11,13-14H,6-10,16H2/t13-,14+/m0/s1. The molecule has 0 unspecified atom stereocenters. The van der Waals surface area contributed by atoms with Crippen molar-refractivity contribution in [3.05, 3.63) is 35.9 Å². The van der Waals surface area contributed by atoms with E-state index in [9.17, 15) is 4.79 Å². The van der Waals surface area contributed by atoms with E-state index in [2.05, 4.69) is 4.90 Å². The Kier molecular flexibility index (Phi) is 3.53. The molecule has 3 saturated heterocycles. The molecule has 0 radical (unpaired) electrons. The maximum Gasteiger partial charge on any atom is 0.327 e. The maximum absolute atomic E-state index is 12.1. The highest BCUT2D eigenvalue weighted by molar-refractivity contribution is 5.77. The minimum absolute atomic E-state index is 0.0322. The van der Waals surface area contributed by atoms with Crippen molar-refractivity contribution in [3.8, 4) is 0 Å². The van der Waals surface area contributed by atoms with Gasteiger partial charge in [0.2, 0.25) is 0 Å². The highest BCUT2D eigenvalue weighted by atomic mass is 16.5. The average Bonchev–Trinajstić information content (AvgIpc) is 2.48. The van der Waals surface area contributed by atoms with Gasteiger partial charge in [0, 0.05) is 6.54 Å². The van der Waals surface area contributed by atoms with Crippen molar-refractivity contribution in [2.45, 2.75) is 25.0 Å². The summed E-state index contributed by atoms with van der Waals surface area (Å²) in [6.45, 7) is 3.16. The van der Waals surface area contributed by atoms with E-state index in [1.54, 1.807) is 0 Å². The van der Waals surface area contributed by atoms with Crippen molar-refractivity contribution in [2.24, 2.45) is 11.7 Å². The van der Waals surface area contributed by atoms with Crippen LogP contribution in [0.15, 0.2) is 30.3 Å². The van der Waals surface area contributed by atoms with E-state index in [1.165, 1.54) is 0 Å². The zero-order chi connectivity index (χ0) is 13.2. The number of nitrogens with two attached hydrogens (primary N) is 1. The Morgan fingerprint density at radius 3 is 2.53 bits per heavy atom. The molecule has 0 aromatic heterocycles. The summed E-state index contributed by atoms with van der Waals surface area (Å²) < 4.78 is 5.64. The fraction of sp³-hybridized carbons (Fsp3) is 0.533. The summed E-state index contributed by atoms with van der Waals surface area (Å²) in [6.07, 6.45) is 2.31. The summed E-state index contributed by atoms with van der Waals surface area (Å²) in [4.78, 5) is 14.5. The van der Waals surface area contributed by atoms with Crippen LogP contribution in [-0.4, -0.2) is 36.6 Å². The number of ether oxygens (including phenoxy) is 1. The summed E-state index contributed by atoms with van der Waals surface area (Å²) in [5.41, 5.74) is 6.78. The fourth-order valence-corrected chi connectivity index (χ4v) is 3.06. The third kappa shape index (κ3) is 2.65. The van der Waals surface area contributed by atoms with Crippen LogP contribution in [0.5, 0.6) is 0 Å². The molecular formula is C15H20N2O2. The Balaban J connectivity index is 1.62. The lowest BCUT2D eigenvalue weighted by molar-refractivity contribution is -0.160. The number of benzene rings is 1. The number of carbonyl (C=O) groups excluding carboxylic acids is 1. The number of rotatable bonds is 3. The van der Waals surface area contributed by atoms with Crippen LogP contribution in [0.1, 0.15) is 24.4 Å². The molecule has 1 aromatic rings. The first-order valence-corrected chi connectivity index (χ1v) is 6.97. The molecule has 0 spiro atoms. The van der Waals surface area contributed by atoms with Gasteiger partial charge in [0.05, 0.1) is 0 Å². The first-order chi connectivity index (χ1) is 9.24. The number of esters is 1. The maximum atomic E-state index is 12.1. The molecule has 3 heterocycles. The first kappa shape index (κ1) is 12.6. The molecule has 1 aromatic carbocycles. The predicted molar refractivity (Wildman–Crippen MR) is 72.4 cm³/mol. The van der Waals surface area contributed by atoms with Crippen LogP contribution in [0.25, 0.3) is 0 Å². The molecule has 4 heteroatoms. The van der Waals surface area contributed by atoms with Crippen molar-refractivity contribution in [1.29, 1.82) is 0 Å². The second-order valence-electron chi connectivity index (χ2n) is 5.50. The lowest BCUT2D eigenvalue weighted by Gasteiger charge is -2.44. The highest BCUT2D eigenvalue weighted by Crippen LogP contribution is 2.30. The molecule has 0 amide bonds. The van der Waals surface area contributed by atoms with Gasteiger partial charge >= 0.3 is 5.97 Å². The molecule has 4 nitrogen and oxygen atoms in total. The van der Waals surface area contributed by atoms with Crippen molar-refractivity contribution in [2.75, 3.05) is 19.6 Å². The summed E-state index contributed by atoms with van der Waals surface area (Å²) in [6, 6.07) is 8.74. The highest BCUT2D eigenvalue weighted by Gasteiger charge is 2.37. The van der Waals surface area contributed by atoms with Gasteiger partial charge in [-0.15, -0.1) is 0 Å². The zero-order valence-electron chi connectivity index (χ0n) is 11.0. The Morgan fingerprint density at radius 1 is 1.26 bits per heavy atom. The van der Waals surface area contributed by atoms with Crippen molar-refractivity contribution in [1.82, 2.24) is 4.90 Å². The number of hydrogen-bond donors (Lipinski definition) is 1. The third-order valence-electron chi connectivity index (χ3n) is 4.28. The molecule has 3 aliphatic heterocycles. The summed E-state index contributed by atoms with van der Waals surface area (Å²) >= 11 is 0. The smallest absolute Gasteiger partial charge is 0.327 e. The summed E-state index contributed by atoms with van der Waals surface area (Å²) in [5.74, 6) is 0.224. The van der Waals surface area contributed by atoms with Gasteiger partial charge in [0.15, 0.2) is 0 Å². The number of nitrogens with zero attached hydrogens (tertiary/aromatic N) is 1. The molecule has 102 valence electrons. The quantitative estimate of drug-likeness (QED) is 0.833. The molecule has 4 rings (SSSR count). The number of carbonyl (C=O) groups is 1. The van der Waals surface area contributed by atoms with Crippen LogP contribution < -0.4 is 5.73 Å². The summed E-state index contributed by atoms with van der Waals surface area (Å²) in [5, 5.41) is 0. The van der Waals surface area contributed by atoms with Crippen LogP contribution in [-0.2, 0) is 9.53 Å². The number of piperidine rings is 3. The van der Waals surface area contributed by atoms with Gasteiger partial charge < -0.3 is 10.5 Å². The zero-order valence-corrected chi connectivity index (χ0v) is 11.0. The molecule has 0 saturated carbocycles. The van der Waals surface area contributed by atoms with Crippen molar-refractivity contribution < 1.29 is 9.53 Å². The molecule has 2 N–H and O–H groups in total. The lowest BCUT2D eigenvalue weighted by atomic mass is 9.86. The SMILES string of the molecule is N[C@@H](C(=O)O[C@H]1CN2CCC1CC2)c1ccccc1. The van der Waals surface area contributed by atoms with E-state index in [4.69, 9.17) is 10.5 Å². The van der Waals surface area contributed by atoms with Crippen LogP contribution >= 0.6 is 0 Å². The molecule has 2 bridgehead atoms. The van der Waals surface area contributed by atoms with Crippen LogP contribution in [0.2, 0.25) is 0 Å². The molecular weight excluding hydrogens is 240 g/mol. The average molecular weight is 260 g/mol. The van der Waals surface area contributed by atoms with Crippen LogP contribution in [0.4, 0.5) is 0 Å². The Hall–Kier alpha value is -1.39. The van der Waals surface area contributed by atoms with E-state index in [-0.39, 0.29) is 12.1 Å². The van der Waals surface area contributed by atoms with Gasteiger partial charge in [-0.05, 0) is 37.4 Å². The van der Waals surface area contributed by atoms with Crippen molar-refractivity contribution >= 4 is 5.97 Å². The Morgan fingerprint density at radius 2 is 1.95 bits per heavy atom. The van der Waals surface area contributed by atoms with Gasteiger partial charge in [0.25, 0.3) is 0 Å². The predicted octanol–water partition coefficient (Wildman–Crippen LogP) is 1.32. The monoisotopic (exact) mass is 260 g/mol. The molecule has 3 fully saturated rings. The number of hydrogen-bond acceptors (Lipinski definition) is 4. The van der Waals surface area contributed by atoms with Gasteiger partial charge in [-0.2, -0.15) is 0 Å². The molecule has 0 aliphatic carbocycles.